The van der Waals surface area contributed by atoms with Crippen molar-refractivity contribution in [1.29, 1.82) is 0 Å². The summed E-state index contributed by atoms with van der Waals surface area (Å²) in [6.45, 7) is 3.16. The molecular formula is C15H17N3O2S. The largest absolute Gasteiger partial charge is 0.480 e. The number of rotatable bonds is 2. The van der Waals surface area contributed by atoms with Crippen molar-refractivity contribution in [3.63, 3.8) is 0 Å². The van der Waals surface area contributed by atoms with Crippen LogP contribution in [-0.2, 0) is 0 Å². The van der Waals surface area contributed by atoms with Gasteiger partial charge in [0, 0.05) is 16.7 Å². The Morgan fingerprint density at radius 2 is 2.24 bits per heavy atom. The minimum absolute atomic E-state index is 0.132. The fourth-order valence-electron chi connectivity index (χ4n) is 2.87. The van der Waals surface area contributed by atoms with Crippen LogP contribution in [0.4, 0.5) is 0 Å². The molecule has 0 spiro atoms. The molecule has 0 saturated carbocycles. The van der Waals surface area contributed by atoms with Gasteiger partial charge in [-0.1, -0.05) is 17.3 Å². The molecule has 1 aromatic carbocycles. The highest BCUT2D eigenvalue weighted by Crippen LogP contribution is 2.39. The summed E-state index contributed by atoms with van der Waals surface area (Å²) < 4.78 is 11.5. The first-order chi connectivity index (χ1) is 10.3. The Kier molecular flexibility index (Phi) is 3.35. The molecule has 3 heterocycles. The third kappa shape index (κ3) is 2.42. The predicted molar refractivity (Wildman–Crippen MR) is 79.7 cm³/mol. The first-order valence-electron chi connectivity index (χ1n) is 7.26. The molecule has 4 rings (SSSR count). The maximum absolute atomic E-state index is 6.00. The summed E-state index contributed by atoms with van der Waals surface area (Å²) in [6.07, 6.45) is 0.915. The van der Waals surface area contributed by atoms with Gasteiger partial charge in [-0.2, -0.15) is 4.98 Å². The van der Waals surface area contributed by atoms with E-state index in [9.17, 15) is 0 Å². The van der Waals surface area contributed by atoms with E-state index in [-0.39, 0.29) is 6.10 Å². The number of ether oxygens (including phenoxy) is 1. The van der Waals surface area contributed by atoms with E-state index >= 15 is 0 Å². The molecular weight excluding hydrogens is 286 g/mol. The standard InChI is InChI=1S/C15H17N3O2S/c1-9-10(6-7-16-9)15-17-14(18-20-15)12-8-21-13-5-3-2-4-11(13)19-12/h2-5,9-10,12,16H,6-8H2,1H3. The van der Waals surface area contributed by atoms with Crippen LogP contribution in [0.3, 0.4) is 0 Å². The summed E-state index contributed by atoms with van der Waals surface area (Å²) in [6, 6.07) is 8.45. The van der Waals surface area contributed by atoms with Crippen LogP contribution >= 0.6 is 11.8 Å². The monoisotopic (exact) mass is 303 g/mol. The van der Waals surface area contributed by atoms with Gasteiger partial charge in [-0.15, -0.1) is 11.8 Å². The van der Waals surface area contributed by atoms with Gasteiger partial charge >= 0.3 is 0 Å². The van der Waals surface area contributed by atoms with Crippen LogP contribution < -0.4 is 10.1 Å². The normalized spacial score (nSPS) is 28.1. The second-order valence-corrected chi connectivity index (χ2v) is 6.55. The van der Waals surface area contributed by atoms with Crippen molar-refractivity contribution in [2.45, 2.75) is 36.3 Å². The van der Waals surface area contributed by atoms with Gasteiger partial charge in [0.05, 0.1) is 5.92 Å². The van der Waals surface area contributed by atoms with Crippen molar-refractivity contribution in [3.8, 4) is 5.75 Å². The fraction of sp³-hybridized carbons (Fsp3) is 0.467. The van der Waals surface area contributed by atoms with Crippen LogP contribution in [0, 0.1) is 0 Å². The van der Waals surface area contributed by atoms with Crippen molar-refractivity contribution in [2.75, 3.05) is 12.3 Å². The van der Waals surface area contributed by atoms with E-state index in [2.05, 4.69) is 28.4 Å². The highest BCUT2D eigenvalue weighted by Gasteiger charge is 2.32. The van der Waals surface area contributed by atoms with Crippen LogP contribution in [-0.4, -0.2) is 28.5 Å². The Hall–Kier alpha value is -1.53. The molecule has 2 aromatic rings. The summed E-state index contributed by atoms with van der Waals surface area (Å²) in [5, 5.41) is 7.55. The van der Waals surface area contributed by atoms with Crippen molar-refractivity contribution in [2.24, 2.45) is 0 Å². The van der Waals surface area contributed by atoms with E-state index < -0.39 is 0 Å². The van der Waals surface area contributed by atoms with Gasteiger partial charge in [-0.25, -0.2) is 0 Å². The third-order valence-corrected chi connectivity index (χ3v) is 5.21. The lowest BCUT2D eigenvalue weighted by atomic mass is 10.0. The molecule has 1 saturated heterocycles. The van der Waals surface area contributed by atoms with E-state index in [1.165, 1.54) is 4.90 Å². The van der Waals surface area contributed by atoms with Crippen molar-refractivity contribution < 1.29 is 9.26 Å². The fourth-order valence-corrected chi connectivity index (χ4v) is 3.85. The minimum Gasteiger partial charge on any atom is -0.480 e. The average molecular weight is 303 g/mol. The molecule has 6 heteroatoms. The molecule has 0 aliphatic carbocycles. The van der Waals surface area contributed by atoms with Gasteiger partial charge in [0.1, 0.15) is 5.75 Å². The average Bonchev–Trinajstić information content (AvgIpc) is 3.15. The number of hydrogen-bond donors (Lipinski definition) is 1. The Bertz CT molecular complexity index is 645. The molecule has 5 nitrogen and oxygen atoms in total. The summed E-state index contributed by atoms with van der Waals surface area (Å²) in [5.74, 6) is 3.42. The Labute approximate surface area is 127 Å². The summed E-state index contributed by atoms with van der Waals surface area (Å²) in [5.41, 5.74) is 0. The van der Waals surface area contributed by atoms with Gasteiger partial charge in [0.25, 0.3) is 0 Å². The van der Waals surface area contributed by atoms with Crippen molar-refractivity contribution in [3.05, 3.63) is 36.0 Å². The number of benzene rings is 1. The number of nitrogens with zero attached hydrogens (tertiary/aromatic N) is 2. The summed E-state index contributed by atoms with van der Waals surface area (Å²) in [4.78, 5) is 5.76. The van der Waals surface area contributed by atoms with Crippen LogP contribution in [0.15, 0.2) is 33.7 Å². The molecule has 3 unspecified atom stereocenters. The van der Waals surface area contributed by atoms with E-state index in [1.54, 1.807) is 11.8 Å². The highest BCUT2D eigenvalue weighted by atomic mass is 32.2. The lowest BCUT2D eigenvalue weighted by Gasteiger charge is -2.22. The van der Waals surface area contributed by atoms with Gasteiger partial charge in [-0.3, -0.25) is 0 Å². The number of nitrogens with one attached hydrogen (secondary N) is 1. The number of para-hydroxylation sites is 1. The molecule has 0 bridgehead atoms. The quantitative estimate of drug-likeness (QED) is 0.920. The summed E-state index contributed by atoms with van der Waals surface area (Å²) >= 11 is 1.77. The van der Waals surface area contributed by atoms with E-state index in [0.717, 1.165) is 30.4 Å². The summed E-state index contributed by atoms with van der Waals surface area (Å²) in [7, 11) is 0. The molecule has 2 aliphatic rings. The lowest BCUT2D eigenvalue weighted by molar-refractivity contribution is 0.205. The zero-order valence-electron chi connectivity index (χ0n) is 11.8. The maximum Gasteiger partial charge on any atom is 0.231 e. The topological polar surface area (TPSA) is 60.2 Å². The van der Waals surface area contributed by atoms with Crippen LogP contribution in [0.5, 0.6) is 5.75 Å². The first-order valence-corrected chi connectivity index (χ1v) is 8.25. The molecule has 1 aromatic heterocycles. The molecule has 0 radical (unpaired) electrons. The second kappa shape index (κ2) is 5.35. The number of thioether (sulfide) groups is 1. The van der Waals surface area contributed by atoms with Crippen molar-refractivity contribution in [1.82, 2.24) is 15.5 Å². The highest BCUT2D eigenvalue weighted by molar-refractivity contribution is 7.99. The number of hydrogen-bond acceptors (Lipinski definition) is 6. The molecule has 1 fully saturated rings. The molecule has 0 amide bonds. The molecule has 110 valence electrons. The van der Waals surface area contributed by atoms with E-state index in [1.807, 2.05) is 18.2 Å². The second-order valence-electron chi connectivity index (χ2n) is 5.49. The Morgan fingerprint density at radius 3 is 3.10 bits per heavy atom. The predicted octanol–water partition coefficient (Wildman–Crippen LogP) is 2.76. The van der Waals surface area contributed by atoms with Gasteiger partial charge in [0.15, 0.2) is 6.10 Å². The van der Waals surface area contributed by atoms with E-state index in [4.69, 9.17) is 9.26 Å². The van der Waals surface area contributed by atoms with E-state index in [0.29, 0.717) is 17.8 Å². The molecule has 21 heavy (non-hydrogen) atoms. The van der Waals surface area contributed by atoms with Crippen LogP contribution in [0.2, 0.25) is 0 Å². The third-order valence-electron chi connectivity index (χ3n) is 4.10. The Balaban J connectivity index is 1.54. The minimum atomic E-state index is -0.132. The van der Waals surface area contributed by atoms with Gasteiger partial charge in [-0.05, 0) is 32.0 Å². The molecule has 2 aliphatic heterocycles. The van der Waals surface area contributed by atoms with Gasteiger partial charge < -0.3 is 14.6 Å². The number of fused-ring (bicyclic) bond motifs is 1. The Morgan fingerprint density at radius 1 is 1.33 bits per heavy atom. The van der Waals surface area contributed by atoms with Crippen molar-refractivity contribution >= 4 is 11.8 Å². The zero-order valence-corrected chi connectivity index (χ0v) is 12.6. The van der Waals surface area contributed by atoms with Crippen LogP contribution in [0.1, 0.15) is 37.1 Å². The zero-order chi connectivity index (χ0) is 14.2. The number of aromatic nitrogens is 2. The lowest BCUT2D eigenvalue weighted by Crippen LogP contribution is -2.22. The van der Waals surface area contributed by atoms with Gasteiger partial charge in [0.2, 0.25) is 11.7 Å². The SMILES string of the molecule is CC1NCCC1c1nc(C2CSc3ccccc3O2)no1. The smallest absolute Gasteiger partial charge is 0.231 e. The maximum atomic E-state index is 6.00. The molecule has 3 atom stereocenters. The molecule has 1 N–H and O–H groups in total. The van der Waals surface area contributed by atoms with Crippen LogP contribution in [0.25, 0.3) is 0 Å². The first kappa shape index (κ1) is 13.2.